The van der Waals surface area contributed by atoms with Crippen LogP contribution in [0.4, 0.5) is 4.79 Å². The van der Waals surface area contributed by atoms with Crippen molar-refractivity contribution >= 4 is 43.6 Å². The van der Waals surface area contributed by atoms with Crippen LogP contribution in [0.15, 0.2) is 102 Å². The fourth-order valence-corrected chi connectivity index (χ4v) is 5.92. The minimum Gasteiger partial charge on any atom is -0.379 e. The third-order valence-electron chi connectivity index (χ3n) is 6.69. The van der Waals surface area contributed by atoms with Gasteiger partial charge < -0.3 is 9.50 Å². The van der Waals surface area contributed by atoms with Gasteiger partial charge in [-0.25, -0.2) is 4.79 Å². The van der Waals surface area contributed by atoms with Crippen molar-refractivity contribution in [3.8, 4) is 5.75 Å². The topological polar surface area (TPSA) is 119 Å². The van der Waals surface area contributed by atoms with Crippen LogP contribution in [0.1, 0.15) is 11.1 Å². The number of fused-ring (bicyclic) bond motifs is 2. The van der Waals surface area contributed by atoms with E-state index in [1.807, 2.05) is 24.3 Å². The number of rotatable bonds is 7. The first-order chi connectivity index (χ1) is 18.9. The zero-order chi connectivity index (χ0) is 27.0. The van der Waals surface area contributed by atoms with Crippen molar-refractivity contribution < 1.29 is 22.2 Å². The van der Waals surface area contributed by atoms with Crippen LogP contribution in [0.25, 0.3) is 21.5 Å². The molecule has 0 aliphatic carbocycles. The van der Waals surface area contributed by atoms with E-state index in [2.05, 4.69) is 15.3 Å². The Kier molecular flexibility index (Phi) is 6.16. The molecular weight excluding hydrogens is 516 g/mol. The molecular formula is C29H22N4O5S. The second kappa shape index (κ2) is 9.80. The molecule has 10 heteroatoms. The molecule has 3 aromatic carbocycles. The van der Waals surface area contributed by atoms with Crippen molar-refractivity contribution in [3.63, 3.8) is 0 Å². The Morgan fingerprint density at radius 2 is 1.49 bits per heavy atom. The Morgan fingerprint density at radius 1 is 0.821 bits per heavy atom. The predicted molar refractivity (Wildman–Crippen MR) is 144 cm³/mol. The number of nitrogens with one attached hydrogen (secondary N) is 1. The maximum absolute atomic E-state index is 13.1. The van der Waals surface area contributed by atoms with E-state index in [4.69, 9.17) is 4.18 Å². The second-order valence-electron chi connectivity index (χ2n) is 9.18. The molecule has 0 saturated carbocycles. The molecule has 9 nitrogen and oxygen atoms in total. The van der Waals surface area contributed by atoms with E-state index < -0.39 is 22.2 Å². The number of hydrogen-bond acceptors (Lipinski definition) is 7. The number of hydrogen-bond donors (Lipinski definition) is 1. The maximum atomic E-state index is 13.1. The van der Waals surface area contributed by atoms with Crippen LogP contribution in [-0.4, -0.2) is 41.3 Å². The Balaban J connectivity index is 1.15. The number of urea groups is 1. The number of carbonyl (C=O) groups is 2. The van der Waals surface area contributed by atoms with Gasteiger partial charge in [0, 0.05) is 47.4 Å². The summed E-state index contributed by atoms with van der Waals surface area (Å²) in [5.74, 6) is -0.182. The van der Waals surface area contributed by atoms with Crippen LogP contribution in [0.5, 0.6) is 5.75 Å². The zero-order valence-corrected chi connectivity index (χ0v) is 21.3. The third-order valence-corrected chi connectivity index (χ3v) is 7.99. The summed E-state index contributed by atoms with van der Waals surface area (Å²) in [7, 11) is -4.09. The molecule has 5 aromatic rings. The number of amides is 3. The van der Waals surface area contributed by atoms with E-state index in [1.165, 1.54) is 29.3 Å². The zero-order valence-electron chi connectivity index (χ0n) is 20.5. The van der Waals surface area contributed by atoms with E-state index in [-0.39, 0.29) is 29.5 Å². The van der Waals surface area contributed by atoms with Gasteiger partial charge in [0.1, 0.15) is 16.7 Å². The molecule has 2 aromatic heterocycles. The van der Waals surface area contributed by atoms with Gasteiger partial charge in [0.05, 0.1) is 6.54 Å². The summed E-state index contributed by atoms with van der Waals surface area (Å²) in [5, 5.41) is 5.82. The lowest BCUT2D eigenvalue weighted by molar-refractivity contribution is -0.127. The highest BCUT2D eigenvalue weighted by Crippen LogP contribution is 2.26. The summed E-state index contributed by atoms with van der Waals surface area (Å²) in [6, 6.07) is 19.3. The molecule has 1 atom stereocenters. The maximum Gasteiger partial charge on any atom is 0.339 e. The van der Waals surface area contributed by atoms with E-state index in [9.17, 15) is 18.0 Å². The van der Waals surface area contributed by atoms with E-state index in [1.54, 1.807) is 48.9 Å². The Labute approximate surface area is 224 Å². The van der Waals surface area contributed by atoms with Gasteiger partial charge in [-0.3, -0.25) is 19.7 Å². The molecule has 0 spiro atoms. The smallest absolute Gasteiger partial charge is 0.339 e. The summed E-state index contributed by atoms with van der Waals surface area (Å²) in [6.07, 6.45) is 6.79. The van der Waals surface area contributed by atoms with E-state index >= 15 is 0 Å². The van der Waals surface area contributed by atoms with Crippen molar-refractivity contribution in [2.75, 3.05) is 0 Å². The summed E-state index contributed by atoms with van der Waals surface area (Å²) < 4.78 is 31.3. The first kappa shape index (κ1) is 24.5. The van der Waals surface area contributed by atoms with Gasteiger partial charge in [0.15, 0.2) is 0 Å². The van der Waals surface area contributed by atoms with Crippen LogP contribution in [0, 0.1) is 0 Å². The van der Waals surface area contributed by atoms with Crippen LogP contribution in [0.2, 0.25) is 0 Å². The lowest BCUT2D eigenvalue weighted by Gasteiger charge is -2.15. The molecule has 1 aliphatic rings. The normalized spacial score (nSPS) is 15.6. The van der Waals surface area contributed by atoms with Crippen LogP contribution in [0.3, 0.4) is 0 Å². The quantitative estimate of drug-likeness (QED) is 0.244. The molecule has 0 bridgehead atoms. The van der Waals surface area contributed by atoms with Gasteiger partial charge in [0.25, 0.3) is 5.91 Å². The highest BCUT2D eigenvalue weighted by atomic mass is 32.2. The number of pyridine rings is 2. The first-order valence-corrected chi connectivity index (χ1v) is 13.6. The SMILES string of the molecule is O=C1N[C@@H](Cc2ccc(OS(=O)(=O)c3cccc4cnccc34)cc2)C(=O)N1Cc1cccc2cnccc12. The monoisotopic (exact) mass is 538 g/mol. The molecule has 0 radical (unpaired) electrons. The highest BCUT2D eigenvalue weighted by molar-refractivity contribution is 7.87. The van der Waals surface area contributed by atoms with Gasteiger partial charge in [-0.2, -0.15) is 8.42 Å². The third kappa shape index (κ3) is 4.77. The van der Waals surface area contributed by atoms with Gasteiger partial charge in [-0.15, -0.1) is 0 Å². The highest BCUT2D eigenvalue weighted by Gasteiger charge is 2.38. The Morgan fingerprint density at radius 3 is 2.23 bits per heavy atom. The van der Waals surface area contributed by atoms with Gasteiger partial charge >= 0.3 is 16.1 Å². The lowest BCUT2D eigenvalue weighted by atomic mass is 10.0. The number of imide groups is 1. The van der Waals surface area contributed by atoms with E-state index in [0.717, 1.165) is 21.9 Å². The second-order valence-corrected chi connectivity index (χ2v) is 10.7. The summed E-state index contributed by atoms with van der Waals surface area (Å²) in [5.41, 5.74) is 1.59. The van der Waals surface area contributed by atoms with Crippen molar-refractivity contribution in [2.24, 2.45) is 0 Å². The molecule has 1 aliphatic heterocycles. The lowest BCUT2D eigenvalue weighted by Crippen LogP contribution is -2.32. The largest absolute Gasteiger partial charge is 0.379 e. The fourth-order valence-electron chi connectivity index (χ4n) is 4.76. The van der Waals surface area contributed by atoms with Crippen molar-refractivity contribution in [1.82, 2.24) is 20.2 Å². The average Bonchev–Trinajstić information content (AvgIpc) is 3.21. The van der Waals surface area contributed by atoms with Crippen LogP contribution >= 0.6 is 0 Å². The minimum atomic E-state index is -4.09. The molecule has 39 heavy (non-hydrogen) atoms. The van der Waals surface area contributed by atoms with Crippen LogP contribution < -0.4 is 9.50 Å². The van der Waals surface area contributed by atoms with Crippen molar-refractivity contribution in [3.05, 3.63) is 109 Å². The van der Waals surface area contributed by atoms with Crippen molar-refractivity contribution in [2.45, 2.75) is 23.9 Å². The molecule has 194 valence electrons. The standard InChI is InChI=1S/C29H22N4O5S/c34-28-26(32-29(35)33(28)18-22-5-1-3-20-16-30-13-11-24(20)22)15-19-7-9-23(10-8-19)38-39(36,37)27-6-2-4-21-17-31-14-12-25(21)27/h1-14,16-17,26H,15,18H2,(H,32,35)/t26-/m0/s1. The molecule has 3 heterocycles. The Bertz CT molecular complexity index is 1830. The summed E-state index contributed by atoms with van der Waals surface area (Å²) >= 11 is 0. The average molecular weight is 539 g/mol. The van der Waals surface area contributed by atoms with Gasteiger partial charge in [-0.05, 0) is 46.8 Å². The van der Waals surface area contributed by atoms with Gasteiger partial charge in [-0.1, -0.05) is 42.5 Å². The van der Waals surface area contributed by atoms with Crippen molar-refractivity contribution in [1.29, 1.82) is 0 Å². The van der Waals surface area contributed by atoms with Crippen LogP contribution in [-0.2, 0) is 27.9 Å². The predicted octanol–water partition coefficient (Wildman–Crippen LogP) is 4.21. The number of benzene rings is 3. The van der Waals surface area contributed by atoms with Gasteiger partial charge in [0.2, 0.25) is 0 Å². The Hall–Kier alpha value is -4.83. The summed E-state index contributed by atoms with van der Waals surface area (Å²) in [4.78, 5) is 35.2. The number of nitrogens with zero attached hydrogens (tertiary/aromatic N) is 3. The molecule has 6 rings (SSSR count). The number of aromatic nitrogens is 2. The first-order valence-electron chi connectivity index (χ1n) is 12.2. The molecule has 1 fully saturated rings. The summed E-state index contributed by atoms with van der Waals surface area (Å²) in [6.45, 7) is 0.150. The molecule has 1 saturated heterocycles. The molecule has 0 unspecified atom stereocenters. The minimum absolute atomic E-state index is 0.0493. The molecule has 3 amide bonds. The number of carbonyl (C=O) groups excluding carboxylic acids is 2. The fraction of sp³-hybridized carbons (Fsp3) is 0.103. The molecule has 1 N–H and O–H groups in total. The van der Waals surface area contributed by atoms with E-state index in [0.29, 0.717) is 10.8 Å².